The predicted molar refractivity (Wildman–Crippen MR) is 66.5 cm³/mol. The third kappa shape index (κ3) is 1.66. The van der Waals surface area contributed by atoms with Crippen molar-refractivity contribution in [2.75, 3.05) is 18.8 Å². The van der Waals surface area contributed by atoms with Crippen LogP contribution in [0.3, 0.4) is 0 Å². The average Bonchev–Trinajstić information content (AvgIpc) is 2.97. The fourth-order valence-corrected chi connectivity index (χ4v) is 4.57. The second kappa shape index (κ2) is 3.90. The summed E-state index contributed by atoms with van der Waals surface area (Å²) < 4.78 is 0. The van der Waals surface area contributed by atoms with Crippen molar-refractivity contribution in [1.82, 2.24) is 9.80 Å². The van der Waals surface area contributed by atoms with Crippen molar-refractivity contribution in [2.24, 2.45) is 0 Å². The quantitative estimate of drug-likeness (QED) is 0.702. The molecule has 0 N–H and O–H groups in total. The molecule has 94 valence electrons. The van der Waals surface area contributed by atoms with Crippen molar-refractivity contribution in [3.8, 4) is 0 Å². The number of fused-ring (bicyclic) bond motifs is 1. The maximum Gasteiger partial charge on any atom is 0.246 e. The lowest BCUT2D eigenvalue weighted by molar-refractivity contribution is -0.143. The Labute approximate surface area is 106 Å². The number of nitrogens with zero attached hydrogens (tertiary/aromatic N) is 2. The van der Waals surface area contributed by atoms with E-state index in [1.54, 1.807) is 11.8 Å². The van der Waals surface area contributed by atoms with E-state index in [9.17, 15) is 9.59 Å². The standard InChI is InChI=1S/C12H18N2O2S/c1-12-5-4-10(15)14(12)9(8-17-12)11(16)13-6-2-3-7-13/h9H,2-8H2,1H3. The summed E-state index contributed by atoms with van der Waals surface area (Å²) in [6, 6.07) is -0.196. The molecule has 0 aromatic carbocycles. The molecular formula is C12H18N2O2S. The van der Waals surface area contributed by atoms with E-state index in [-0.39, 0.29) is 22.7 Å². The molecule has 3 aliphatic rings. The minimum atomic E-state index is -0.196. The predicted octanol–water partition coefficient (Wildman–Crippen LogP) is 1.06. The van der Waals surface area contributed by atoms with Crippen molar-refractivity contribution in [1.29, 1.82) is 0 Å². The Bertz CT molecular complexity index is 368. The molecule has 3 heterocycles. The number of amides is 2. The maximum atomic E-state index is 12.4. The van der Waals surface area contributed by atoms with Gasteiger partial charge in [0.1, 0.15) is 6.04 Å². The van der Waals surface area contributed by atoms with E-state index in [4.69, 9.17) is 0 Å². The summed E-state index contributed by atoms with van der Waals surface area (Å²) in [5, 5.41) is 0. The largest absolute Gasteiger partial charge is 0.341 e. The fourth-order valence-electron chi connectivity index (χ4n) is 3.15. The van der Waals surface area contributed by atoms with Crippen molar-refractivity contribution in [3.63, 3.8) is 0 Å². The van der Waals surface area contributed by atoms with Crippen molar-refractivity contribution >= 4 is 23.6 Å². The van der Waals surface area contributed by atoms with Crippen LogP contribution in [0.15, 0.2) is 0 Å². The van der Waals surface area contributed by atoms with Crippen LogP contribution in [0.1, 0.15) is 32.6 Å². The van der Waals surface area contributed by atoms with Gasteiger partial charge in [-0.3, -0.25) is 9.59 Å². The molecule has 0 spiro atoms. The number of thioether (sulfide) groups is 1. The zero-order valence-corrected chi connectivity index (χ0v) is 11.0. The van der Waals surface area contributed by atoms with Crippen LogP contribution in [0.5, 0.6) is 0 Å². The lowest BCUT2D eigenvalue weighted by Crippen LogP contribution is -2.50. The van der Waals surface area contributed by atoms with Crippen LogP contribution in [0, 0.1) is 0 Å². The first-order chi connectivity index (χ1) is 8.12. The number of rotatable bonds is 1. The van der Waals surface area contributed by atoms with Crippen LogP contribution in [0.2, 0.25) is 0 Å². The molecule has 5 heteroatoms. The molecule has 0 saturated carbocycles. The lowest BCUT2D eigenvalue weighted by atomic mass is 10.2. The molecule has 17 heavy (non-hydrogen) atoms. The molecule has 3 saturated heterocycles. The first-order valence-corrected chi connectivity index (χ1v) is 7.35. The highest BCUT2D eigenvalue weighted by atomic mass is 32.2. The monoisotopic (exact) mass is 254 g/mol. The van der Waals surface area contributed by atoms with E-state index in [1.165, 1.54) is 0 Å². The van der Waals surface area contributed by atoms with Crippen LogP contribution in [-0.4, -0.2) is 51.4 Å². The molecule has 2 unspecified atom stereocenters. The molecule has 0 radical (unpaired) electrons. The number of likely N-dealkylation sites (tertiary alicyclic amines) is 1. The van der Waals surface area contributed by atoms with E-state index in [0.29, 0.717) is 6.42 Å². The third-order valence-electron chi connectivity index (χ3n) is 4.15. The van der Waals surface area contributed by atoms with Crippen molar-refractivity contribution in [2.45, 2.75) is 43.5 Å². The molecule has 0 aliphatic carbocycles. The summed E-state index contributed by atoms with van der Waals surface area (Å²) in [5.74, 6) is 1.11. The van der Waals surface area contributed by atoms with Gasteiger partial charge in [0.05, 0.1) is 4.87 Å². The first-order valence-electron chi connectivity index (χ1n) is 6.37. The zero-order valence-electron chi connectivity index (χ0n) is 10.1. The molecule has 3 aliphatic heterocycles. The Kier molecular flexibility index (Phi) is 2.61. The highest BCUT2D eigenvalue weighted by Gasteiger charge is 2.53. The van der Waals surface area contributed by atoms with E-state index in [2.05, 4.69) is 6.92 Å². The fraction of sp³-hybridized carbons (Fsp3) is 0.833. The molecule has 3 fully saturated rings. The summed E-state index contributed by atoms with van der Waals surface area (Å²) in [5.41, 5.74) is 0. The summed E-state index contributed by atoms with van der Waals surface area (Å²) in [7, 11) is 0. The van der Waals surface area contributed by atoms with Gasteiger partial charge in [0.2, 0.25) is 11.8 Å². The highest BCUT2D eigenvalue weighted by molar-refractivity contribution is 8.01. The van der Waals surface area contributed by atoms with Gasteiger partial charge in [-0.2, -0.15) is 0 Å². The molecular weight excluding hydrogens is 236 g/mol. The molecule has 3 rings (SSSR count). The smallest absolute Gasteiger partial charge is 0.246 e. The van der Waals surface area contributed by atoms with Gasteiger partial charge in [0, 0.05) is 25.3 Å². The molecule has 4 nitrogen and oxygen atoms in total. The van der Waals surface area contributed by atoms with E-state index in [1.807, 2.05) is 9.80 Å². The van der Waals surface area contributed by atoms with Gasteiger partial charge in [-0.25, -0.2) is 0 Å². The van der Waals surface area contributed by atoms with Gasteiger partial charge in [-0.1, -0.05) is 0 Å². The average molecular weight is 254 g/mol. The second-order valence-corrected chi connectivity index (χ2v) is 6.80. The van der Waals surface area contributed by atoms with E-state index >= 15 is 0 Å². The van der Waals surface area contributed by atoms with Gasteiger partial charge in [-0.05, 0) is 26.2 Å². The topological polar surface area (TPSA) is 40.6 Å². The van der Waals surface area contributed by atoms with Crippen LogP contribution < -0.4 is 0 Å². The van der Waals surface area contributed by atoms with Crippen LogP contribution >= 0.6 is 11.8 Å². The summed E-state index contributed by atoms with van der Waals surface area (Å²) >= 11 is 1.77. The Morgan fingerprint density at radius 2 is 2.12 bits per heavy atom. The summed E-state index contributed by atoms with van der Waals surface area (Å²) in [6.45, 7) is 3.84. The Hall–Kier alpha value is -0.710. The SMILES string of the molecule is CC12CCC(=O)N1C(C(=O)N1CCCC1)CS2. The van der Waals surface area contributed by atoms with Crippen molar-refractivity contribution in [3.05, 3.63) is 0 Å². The van der Waals surface area contributed by atoms with Crippen LogP contribution in [0.25, 0.3) is 0 Å². The van der Waals surface area contributed by atoms with Crippen LogP contribution in [-0.2, 0) is 9.59 Å². The van der Waals surface area contributed by atoms with Gasteiger partial charge in [-0.15, -0.1) is 11.8 Å². The molecule has 0 aromatic heterocycles. The number of hydrogen-bond donors (Lipinski definition) is 0. The highest BCUT2D eigenvalue weighted by Crippen LogP contribution is 2.47. The van der Waals surface area contributed by atoms with Crippen molar-refractivity contribution < 1.29 is 9.59 Å². The van der Waals surface area contributed by atoms with E-state index in [0.717, 1.165) is 38.1 Å². The van der Waals surface area contributed by atoms with Gasteiger partial charge in [0.25, 0.3) is 0 Å². The zero-order chi connectivity index (χ0) is 12.0. The first kappa shape index (κ1) is 11.4. The normalized spacial score (nSPS) is 36.8. The minimum absolute atomic E-state index is 0.114. The Morgan fingerprint density at radius 1 is 1.41 bits per heavy atom. The Morgan fingerprint density at radius 3 is 2.82 bits per heavy atom. The van der Waals surface area contributed by atoms with Gasteiger partial charge in [0.15, 0.2) is 0 Å². The lowest BCUT2D eigenvalue weighted by Gasteiger charge is -2.31. The minimum Gasteiger partial charge on any atom is -0.341 e. The molecule has 0 bridgehead atoms. The maximum absolute atomic E-state index is 12.4. The summed E-state index contributed by atoms with van der Waals surface area (Å²) in [6.07, 6.45) is 3.71. The number of hydrogen-bond acceptors (Lipinski definition) is 3. The van der Waals surface area contributed by atoms with Gasteiger partial charge < -0.3 is 9.80 Å². The van der Waals surface area contributed by atoms with E-state index < -0.39 is 0 Å². The number of carbonyl (C=O) groups is 2. The second-order valence-electron chi connectivity index (χ2n) is 5.30. The van der Waals surface area contributed by atoms with Gasteiger partial charge >= 0.3 is 0 Å². The number of carbonyl (C=O) groups excluding carboxylic acids is 2. The van der Waals surface area contributed by atoms with Crippen LogP contribution in [0.4, 0.5) is 0 Å². The molecule has 2 amide bonds. The third-order valence-corrected chi connectivity index (χ3v) is 5.65. The Balaban J connectivity index is 1.80. The summed E-state index contributed by atoms with van der Waals surface area (Å²) in [4.78, 5) is 28.0. The molecule has 2 atom stereocenters. The molecule has 0 aromatic rings.